The minimum Gasteiger partial charge on any atom is -0.461 e. The maximum atomic E-state index is 12.4. The van der Waals surface area contributed by atoms with E-state index in [0.717, 1.165) is 22.4 Å². The third-order valence-corrected chi connectivity index (χ3v) is 4.94. The Balaban J connectivity index is 2.30. The predicted octanol–water partition coefficient (Wildman–Crippen LogP) is 5.75. The van der Waals surface area contributed by atoms with Crippen LogP contribution in [0.1, 0.15) is 28.5 Å². The lowest BCUT2D eigenvalue weighted by atomic mass is 10.1. The SMILES string of the molecule is CCOC(=O)c1nc(-c2cccc(C)c2)n(-c2cc(Cl)ccc2C)c1Br. The Morgan fingerprint density at radius 2 is 2.00 bits per heavy atom. The Morgan fingerprint density at radius 3 is 2.69 bits per heavy atom. The van der Waals surface area contributed by atoms with Gasteiger partial charge in [0.2, 0.25) is 0 Å². The van der Waals surface area contributed by atoms with Crippen molar-refractivity contribution in [1.29, 1.82) is 0 Å². The number of hydrogen-bond donors (Lipinski definition) is 0. The number of hydrogen-bond acceptors (Lipinski definition) is 3. The summed E-state index contributed by atoms with van der Waals surface area (Å²) in [6, 6.07) is 13.6. The summed E-state index contributed by atoms with van der Waals surface area (Å²) < 4.78 is 7.59. The van der Waals surface area contributed by atoms with Crippen LogP contribution in [0.25, 0.3) is 17.1 Å². The van der Waals surface area contributed by atoms with Gasteiger partial charge in [-0.25, -0.2) is 9.78 Å². The van der Waals surface area contributed by atoms with Crippen molar-refractivity contribution in [3.63, 3.8) is 0 Å². The van der Waals surface area contributed by atoms with Crippen molar-refractivity contribution < 1.29 is 9.53 Å². The van der Waals surface area contributed by atoms with Gasteiger partial charge in [0.05, 0.1) is 12.3 Å². The highest BCUT2D eigenvalue weighted by molar-refractivity contribution is 9.10. The highest BCUT2D eigenvalue weighted by Gasteiger charge is 2.24. The van der Waals surface area contributed by atoms with Gasteiger partial charge in [0.1, 0.15) is 10.4 Å². The van der Waals surface area contributed by atoms with Gasteiger partial charge in [-0.1, -0.05) is 41.4 Å². The first-order valence-corrected chi connectivity index (χ1v) is 9.38. The van der Waals surface area contributed by atoms with Crippen molar-refractivity contribution in [2.45, 2.75) is 20.8 Å². The summed E-state index contributed by atoms with van der Waals surface area (Å²) in [4.78, 5) is 16.9. The van der Waals surface area contributed by atoms with Gasteiger partial charge in [0.25, 0.3) is 0 Å². The van der Waals surface area contributed by atoms with E-state index >= 15 is 0 Å². The van der Waals surface area contributed by atoms with Crippen LogP contribution in [0.2, 0.25) is 5.02 Å². The van der Waals surface area contributed by atoms with Crippen molar-refractivity contribution in [3.05, 3.63) is 68.9 Å². The van der Waals surface area contributed by atoms with Crippen LogP contribution in [0, 0.1) is 13.8 Å². The van der Waals surface area contributed by atoms with Gasteiger partial charge in [0.15, 0.2) is 5.69 Å². The molecule has 3 aromatic rings. The third kappa shape index (κ3) is 3.55. The summed E-state index contributed by atoms with van der Waals surface area (Å²) in [5.74, 6) is 0.181. The fourth-order valence-electron chi connectivity index (χ4n) is 2.75. The molecule has 0 spiro atoms. The Hall–Kier alpha value is -2.11. The minimum absolute atomic E-state index is 0.239. The molecule has 0 atom stereocenters. The van der Waals surface area contributed by atoms with Crippen molar-refractivity contribution >= 4 is 33.5 Å². The molecule has 4 nitrogen and oxygen atoms in total. The largest absolute Gasteiger partial charge is 0.461 e. The fourth-order valence-corrected chi connectivity index (χ4v) is 3.53. The van der Waals surface area contributed by atoms with Crippen LogP contribution >= 0.6 is 27.5 Å². The molecule has 26 heavy (non-hydrogen) atoms. The van der Waals surface area contributed by atoms with E-state index in [-0.39, 0.29) is 12.3 Å². The second-order valence-electron chi connectivity index (χ2n) is 5.93. The molecule has 0 unspecified atom stereocenters. The first kappa shape index (κ1) is 18.7. The van der Waals surface area contributed by atoms with E-state index in [1.54, 1.807) is 6.92 Å². The molecular formula is C20H18BrClN2O2. The summed E-state index contributed by atoms with van der Waals surface area (Å²) in [5, 5.41) is 0.610. The Bertz CT molecular complexity index is 982. The molecule has 0 fully saturated rings. The van der Waals surface area contributed by atoms with Crippen LogP contribution in [0.15, 0.2) is 47.1 Å². The number of esters is 1. The average Bonchev–Trinajstić information content (AvgIpc) is 2.94. The molecule has 1 aromatic heterocycles. The molecular weight excluding hydrogens is 416 g/mol. The number of ether oxygens (including phenoxy) is 1. The Morgan fingerprint density at radius 1 is 1.23 bits per heavy atom. The van der Waals surface area contributed by atoms with E-state index < -0.39 is 5.97 Å². The number of carbonyl (C=O) groups is 1. The maximum absolute atomic E-state index is 12.4. The highest BCUT2D eigenvalue weighted by atomic mass is 79.9. The normalized spacial score (nSPS) is 10.8. The second kappa shape index (κ2) is 7.64. The van der Waals surface area contributed by atoms with Crippen LogP contribution in [0.5, 0.6) is 0 Å². The number of halogens is 2. The minimum atomic E-state index is -0.466. The van der Waals surface area contributed by atoms with Gasteiger partial charge < -0.3 is 4.74 Å². The summed E-state index contributed by atoms with van der Waals surface area (Å²) in [6.45, 7) is 6.06. The van der Waals surface area contributed by atoms with Gasteiger partial charge in [-0.05, 0) is 60.5 Å². The van der Waals surface area contributed by atoms with Crippen LogP contribution in [-0.4, -0.2) is 22.1 Å². The van der Waals surface area contributed by atoms with E-state index in [4.69, 9.17) is 16.3 Å². The number of aryl methyl sites for hydroxylation is 2. The van der Waals surface area contributed by atoms with Gasteiger partial charge in [-0.2, -0.15) is 0 Å². The quantitative estimate of drug-likeness (QED) is 0.492. The summed E-state index contributed by atoms with van der Waals surface area (Å²) in [5.41, 5.74) is 4.11. The van der Waals surface area contributed by atoms with Crippen molar-refractivity contribution in [3.8, 4) is 17.1 Å². The van der Waals surface area contributed by atoms with E-state index in [0.29, 0.717) is 15.5 Å². The number of benzene rings is 2. The van der Waals surface area contributed by atoms with Gasteiger partial charge in [0, 0.05) is 10.6 Å². The lowest BCUT2D eigenvalue weighted by Crippen LogP contribution is -2.06. The number of rotatable bonds is 4. The van der Waals surface area contributed by atoms with Crippen molar-refractivity contribution in [2.75, 3.05) is 6.61 Å². The second-order valence-corrected chi connectivity index (χ2v) is 7.12. The standard InChI is InChI=1S/C20H18BrClN2O2/c1-4-26-20(25)17-18(21)24(16-11-15(22)9-8-13(16)3)19(23-17)14-7-5-6-12(2)10-14/h5-11H,4H2,1-3H3. The molecule has 2 aromatic carbocycles. The average molecular weight is 434 g/mol. The molecule has 0 saturated heterocycles. The van der Waals surface area contributed by atoms with Crippen LogP contribution in [0.4, 0.5) is 0 Å². The van der Waals surface area contributed by atoms with Crippen LogP contribution in [-0.2, 0) is 4.74 Å². The Labute approximate surface area is 165 Å². The molecule has 0 aliphatic rings. The van der Waals surface area contributed by atoms with E-state index in [1.807, 2.05) is 60.9 Å². The van der Waals surface area contributed by atoms with Gasteiger partial charge >= 0.3 is 5.97 Å². The molecule has 0 aliphatic heterocycles. The molecule has 134 valence electrons. The predicted molar refractivity (Wildman–Crippen MR) is 107 cm³/mol. The zero-order chi connectivity index (χ0) is 18.8. The lowest BCUT2D eigenvalue weighted by molar-refractivity contribution is 0.0519. The number of nitrogens with zero attached hydrogens (tertiary/aromatic N) is 2. The molecule has 0 saturated carbocycles. The van der Waals surface area contributed by atoms with Crippen LogP contribution < -0.4 is 0 Å². The fraction of sp³-hybridized carbons (Fsp3) is 0.200. The third-order valence-electron chi connectivity index (χ3n) is 3.98. The van der Waals surface area contributed by atoms with Gasteiger partial charge in [-0.3, -0.25) is 4.57 Å². The molecule has 1 heterocycles. The molecule has 0 N–H and O–H groups in total. The molecule has 3 rings (SSSR count). The maximum Gasteiger partial charge on any atom is 0.359 e. The number of carbonyl (C=O) groups excluding carboxylic acids is 1. The smallest absolute Gasteiger partial charge is 0.359 e. The highest BCUT2D eigenvalue weighted by Crippen LogP contribution is 2.33. The summed E-state index contributed by atoms with van der Waals surface area (Å²) >= 11 is 9.76. The number of imidazole rings is 1. The summed E-state index contributed by atoms with van der Waals surface area (Å²) in [6.07, 6.45) is 0. The lowest BCUT2D eigenvalue weighted by Gasteiger charge is -2.13. The van der Waals surface area contributed by atoms with E-state index in [1.165, 1.54) is 0 Å². The topological polar surface area (TPSA) is 44.1 Å². The molecule has 0 aliphatic carbocycles. The van der Waals surface area contributed by atoms with Crippen molar-refractivity contribution in [1.82, 2.24) is 9.55 Å². The zero-order valence-corrected chi connectivity index (χ0v) is 17.1. The number of aromatic nitrogens is 2. The van der Waals surface area contributed by atoms with Crippen molar-refractivity contribution in [2.24, 2.45) is 0 Å². The first-order chi connectivity index (χ1) is 12.4. The van der Waals surface area contributed by atoms with Crippen LogP contribution in [0.3, 0.4) is 0 Å². The zero-order valence-electron chi connectivity index (χ0n) is 14.7. The van der Waals surface area contributed by atoms with E-state index in [9.17, 15) is 4.79 Å². The Kier molecular flexibility index (Phi) is 5.49. The van der Waals surface area contributed by atoms with Gasteiger partial charge in [-0.15, -0.1) is 0 Å². The molecule has 6 heteroatoms. The first-order valence-electron chi connectivity index (χ1n) is 8.21. The molecule has 0 radical (unpaired) electrons. The monoisotopic (exact) mass is 432 g/mol. The molecule has 0 amide bonds. The summed E-state index contributed by atoms with van der Waals surface area (Å²) in [7, 11) is 0. The van der Waals surface area contributed by atoms with E-state index in [2.05, 4.69) is 20.9 Å². The molecule has 0 bridgehead atoms.